The van der Waals surface area contributed by atoms with Crippen LogP contribution in [0.3, 0.4) is 0 Å². The Bertz CT molecular complexity index is 1200. The van der Waals surface area contributed by atoms with Gasteiger partial charge in [-0.1, -0.05) is 36.4 Å². The van der Waals surface area contributed by atoms with Crippen molar-refractivity contribution in [1.29, 1.82) is 0 Å². The van der Waals surface area contributed by atoms with Gasteiger partial charge in [0.25, 0.3) is 11.8 Å². The van der Waals surface area contributed by atoms with Crippen LogP contribution in [0, 0.1) is 5.82 Å². The molecule has 180 valence electrons. The standard InChI is InChI=1S/C28H28FN3O3/c1-35-26-12-11-23(17-25(26)29)20-7-9-22(10-8-20)28(34)32-18-24(19-32)30-13-15-31(16-14-30)27(33)21-5-3-2-4-6-21/h2-12,17,24H,13-16,18-19H2,1H3. The van der Waals surface area contributed by atoms with E-state index in [1.54, 1.807) is 24.3 Å². The number of piperazine rings is 1. The average Bonchev–Trinajstić information content (AvgIpc) is 2.88. The molecule has 2 aliphatic rings. The van der Waals surface area contributed by atoms with E-state index < -0.39 is 5.82 Å². The molecule has 2 fully saturated rings. The van der Waals surface area contributed by atoms with Crippen LogP contribution in [0.1, 0.15) is 20.7 Å². The number of benzene rings is 3. The lowest BCUT2D eigenvalue weighted by Gasteiger charge is -2.48. The van der Waals surface area contributed by atoms with Crippen molar-refractivity contribution in [1.82, 2.24) is 14.7 Å². The SMILES string of the molecule is COc1ccc(-c2ccc(C(=O)N3CC(N4CCN(C(=O)c5ccccc5)CC4)C3)cc2)cc1F. The summed E-state index contributed by atoms with van der Waals surface area (Å²) in [7, 11) is 1.44. The molecule has 0 spiro atoms. The van der Waals surface area contributed by atoms with Gasteiger partial charge in [-0.3, -0.25) is 14.5 Å². The summed E-state index contributed by atoms with van der Waals surface area (Å²) in [6, 6.07) is 21.8. The third-order valence-electron chi connectivity index (χ3n) is 6.91. The van der Waals surface area contributed by atoms with E-state index in [0.29, 0.717) is 37.8 Å². The molecule has 2 aliphatic heterocycles. The van der Waals surface area contributed by atoms with Crippen molar-refractivity contribution >= 4 is 11.8 Å². The molecular weight excluding hydrogens is 445 g/mol. The van der Waals surface area contributed by atoms with Crippen molar-refractivity contribution in [2.75, 3.05) is 46.4 Å². The average molecular weight is 474 g/mol. The van der Waals surface area contributed by atoms with Crippen molar-refractivity contribution in [2.45, 2.75) is 6.04 Å². The number of carbonyl (C=O) groups is 2. The lowest BCUT2D eigenvalue weighted by atomic mass is 10.0. The number of ether oxygens (including phenoxy) is 1. The lowest BCUT2D eigenvalue weighted by Crippen LogP contribution is -2.64. The Morgan fingerprint density at radius 2 is 1.37 bits per heavy atom. The maximum Gasteiger partial charge on any atom is 0.253 e. The van der Waals surface area contributed by atoms with Crippen LogP contribution in [0.15, 0.2) is 72.8 Å². The summed E-state index contributed by atoms with van der Waals surface area (Å²) < 4.78 is 19.0. The molecule has 3 aromatic carbocycles. The quantitative estimate of drug-likeness (QED) is 0.566. The minimum atomic E-state index is -0.415. The molecule has 35 heavy (non-hydrogen) atoms. The van der Waals surface area contributed by atoms with Gasteiger partial charge >= 0.3 is 0 Å². The van der Waals surface area contributed by atoms with E-state index in [4.69, 9.17) is 4.74 Å². The monoisotopic (exact) mass is 473 g/mol. The number of nitrogens with zero attached hydrogens (tertiary/aromatic N) is 3. The fourth-order valence-electron chi connectivity index (χ4n) is 4.74. The third-order valence-corrected chi connectivity index (χ3v) is 6.91. The van der Waals surface area contributed by atoms with Crippen LogP contribution in [0.2, 0.25) is 0 Å². The molecular formula is C28H28FN3O3. The van der Waals surface area contributed by atoms with E-state index in [2.05, 4.69) is 4.90 Å². The Labute approximate surface area is 204 Å². The van der Waals surface area contributed by atoms with E-state index in [0.717, 1.165) is 29.8 Å². The van der Waals surface area contributed by atoms with Gasteiger partial charge in [-0.25, -0.2) is 4.39 Å². The highest BCUT2D eigenvalue weighted by Crippen LogP contribution is 2.27. The molecule has 0 saturated carbocycles. The van der Waals surface area contributed by atoms with Gasteiger partial charge in [-0.05, 0) is 47.5 Å². The Morgan fingerprint density at radius 1 is 0.771 bits per heavy atom. The van der Waals surface area contributed by atoms with E-state index in [9.17, 15) is 14.0 Å². The van der Waals surface area contributed by atoms with Gasteiger partial charge in [0.1, 0.15) is 0 Å². The van der Waals surface area contributed by atoms with Crippen LogP contribution in [-0.4, -0.2) is 78.9 Å². The maximum atomic E-state index is 14.0. The molecule has 0 radical (unpaired) electrons. The van der Waals surface area contributed by atoms with Crippen LogP contribution < -0.4 is 4.74 Å². The van der Waals surface area contributed by atoms with Crippen molar-refractivity contribution in [3.63, 3.8) is 0 Å². The highest BCUT2D eigenvalue weighted by atomic mass is 19.1. The van der Waals surface area contributed by atoms with E-state index in [1.807, 2.05) is 52.3 Å². The number of likely N-dealkylation sites (tertiary alicyclic amines) is 1. The second-order valence-corrected chi connectivity index (χ2v) is 8.98. The fourth-order valence-corrected chi connectivity index (χ4v) is 4.74. The number of halogens is 1. The first-order chi connectivity index (χ1) is 17.0. The number of rotatable bonds is 5. The second kappa shape index (κ2) is 9.88. The van der Waals surface area contributed by atoms with Crippen molar-refractivity contribution in [2.24, 2.45) is 0 Å². The first-order valence-corrected chi connectivity index (χ1v) is 11.8. The minimum Gasteiger partial charge on any atom is -0.494 e. The highest BCUT2D eigenvalue weighted by molar-refractivity contribution is 5.95. The summed E-state index contributed by atoms with van der Waals surface area (Å²) in [5.74, 6) is -0.123. The molecule has 0 unspecified atom stereocenters. The lowest BCUT2D eigenvalue weighted by molar-refractivity contribution is 0.00854. The topological polar surface area (TPSA) is 53.1 Å². The maximum absolute atomic E-state index is 14.0. The molecule has 0 aromatic heterocycles. The first kappa shape index (κ1) is 23.1. The Hall–Kier alpha value is -3.71. The van der Waals surface area contributed by atoms with Gasteiger partial charge < -0.3 is 14.5 Å². The molecule has 2 amide bonds. The fraction of sp³-hybridized carbons (Fsp3) is 0.286. The first-order valence-electron chi connectivity index (χ1n) is 11.8. The van der Waals surface area contributed by atoms with Crippen LogP contribution in [0.4, 0.5) is 4.39 Å². The minimum absolute atomic E-state index is 0.00611. The molecule has 3 aromatic rings. The highest BCUT2D eigenvalue weighted by Gasteiger charge is 2.37. The zero-order valence-corrected chi connectivity index (χ0v) is 19.7. The number of hydrogen-bond acceptors (Lipinski definition) is 4. The van der Waals surface area contributed by atoms with Gasteiger partial charge in [0.2, 0.25) is 0 Å². The largest absolute Gasteiger partial charge is 0.494 e. The predicted octanol–water partition coefficient (Wildman–Crippen LogP) is 3.78. The Kier molecular flexibility index (Phi) is 6.51. The van der Waals surface area contributed by atoms with Gasteiger partial charge in [-0.15, -0.1) is 0 Å². The molecule has 0 atom stereocenters. The van der Waals surface area contributed by atoms with Crippen molar-refractivity contribution < 1.29 is 18.7 Å². The summed E-state index contributed by atoms with van der Waals surface area (Å²) in [6.07, 6.45) is 0. The molecule has 0 aliphatic carbocycles. The Balaban J connectivity index is 1.12. The van der Waals surface area contributed by atoms with Crippen molar-refractivity contribution in [3.05, 3.63) is 89.7 Å². The number of carbonyl (C=O) groups excluding carboxylic acids is 2. The number of methoxy groups -OCH3 is 1. The van der Waals surface area contributed by atoms with Crippen LogP contribution in [-0.2, 0) is 0 Å². The number of amides is 2. The third kappa shape index (κ3) is 4.77. The molecule has 6 nitrogen and oxygen atoms in total. The zero-order valence-electron chi connectivity index (χ0n) is 19.7. The molecule has 0 N–H and O–H groups in total. The number of hydrogen-bond donors (Lipinski definition) is 0. The smallest absolute Gasteiger partial charge is 0.253 e. The summed E-state index contributed by atoms with van der Waals surface area (Å²) in [4.78, 5) is 31.7. The van der Waals surface area contributed by atoms with Crippen LogP contribution in [0.25, 0.3) is 11.1 Å². The van der Waals surface area contributed by atoms with Gasteiger partial charge in [0.15, 0.2) is 11.6 Å². The normalized spacial score (nSPS) is 16.6. The summed E-state index contributed by atoms with van der Waals surface area (Å²) in [5.41, 5.74) is 2.92. The van der Waals surface area contributed by atoms with Gasteiger partial charge in [0.05, 0.1) is 7.11 Å². The van der Waals surface area contributed by atoms with Crippen LogP contribution in [0.5, 0.6) is 5.75 Å². The van der Waals surface area contributed by atoms with E-state index in [1.165, 1.54) is 13.2 Å². The summed E-state index contributed by atoms with van der Waals surface area (Å²) in [6.45, 7) is 4.42. The van der Waals surface area contributed by atoms with Gasteiger partial charge in [-0.2, -0.15) is 0 Å². The van der Waals surface area contributed by atoms with E-state index >= 15 is 0 Å². The molecule has 0 bridgehead atoms. The Morgan fingerprint density at radius 3 is 2.00 bits per heavy atom. The molecule has 5 rings (SSSR count). The van der Waals surface area contributed by atoms with E-state index in [-0.39, 0.29) is 17.6 Å². The van der Waals surface area contributed by atoms with Crippen molar-refractivity contribution in [3.8, 4) is 16.9 Å². The summed E-state index contributed by atoms with van der Waals surface area (Å²) in [5, 5.41) is 0. The van der Waals surface area contributed by atoms with Gasteiger partial charge in [0, 0.05) is 56.4 Å². The predicted molar refractivity (Wildman–Crippen MR) is 132 cm³/mol. The molecule has 2 heterocycles. The second-order valence-electron chi connectivity index (χ2n) is 8.98. The molecule has 7 heteroatoms. The molecule has 2 saturated heterocycles. The summed E-state index contributed by atoms with van der Waals surface area (Å²) >= 11 is 0. The zero-order chi connectivity index (χ0) is 24.4. The van der Waals surface area contributed by atoms with Crippen LogP contribution >= 0.6 is 0 Å².